The van der Waals surface area contributed by atoms with E-state index in [4.69, 9.17) is 27.9 Å². The van der Waals surface area contributed by atoms with E-state index in [0.29, 0.717) is 35.4 Å². The minimum atomic E-state index is 0.256. The number of rotatable bonds is 9. The van der Waals surface area contributed by atoms with Gasteiger partial charge in [0.25, 0.3) is 0 Å². The molecule has 0 spiro atoms. The Labute approximate surface area is 180 Å². The summed E-state index contributed by atoms with van der Waals surface area (Å²) in [5.41, 5.74) is 15.0. The standard InChI is InChI=1S/C21H38N8O/c1-14(2)13-29(25)27-20(22)12-18(28(4)24)21(23)17-10-11-19(15(3)26-17)30-16-8-6-5-7-9-16/h10-11,14,16H,5-9,12-13,23-25H2,1-4H3,(H2,22,27)/b21-18-. The first-order valence-electron chi connectivity index (χ1n) is 10.6. The van der Waals surface area contributed by atoms with Crippen LogP contribution < -0.4 is 27.9 Å². The summed E-state index contributed by atoms with van der Waals surface area (Å²) in [6, 6.07) is 3.78. The van der Waals surface area contributed by atoms with Crippen molar-refractivity contribution in [2.45, 2.75) is 65.4 Å². The Balaban J connectivity index is 2.18. The van der Waals surface area contributed by atoms with Crippen LogP contribution in [-0.4, -0.2) is 40.6 Å². The highest BCUT2D eigenvalue weighted by molar-refractivity contribution is 5.84. The largest absolute Gasteiger partial charge is 0.489 e. The number of hydrogen-bond acceptors (Lipinski definition) is 8. The van der Waals surface area contributed by atoms with Crippen molar-refractivity contribution in [3.05, 3.63) is 29.2 Å². The van der Waals surface area contributed by atoms with Gasteiger partial charge in [0.05, 0.1) is 41.9 Å². The van der Waals surface area contributed by atoms with E-state index < -0.39 is 0 Å². The van der Waals surface area contributed by atoms with Crippen LogP contribution in [-0.2, 0) is 0 Å². The molecule has 2 rings (SSSR count). The van der Waals surface area contributed by atoms with Crippen molar-refractivity contribution in [2.75, 3.05) is 13.6 Å². The fourth-order valence-electron chi connectivity index (χ4n) is 3.53. The fourth-order valence-corrected chi connectivity index (χ4v) is 3.53. The number of ether oxygens (including phenoxy) is 1. The van der Waals surface area contributed by atoms with Crippen molar-refractivity contribution in [1.29, 1.82) is 0 Å². The maximum Gasteiger partial charge on any atom is 0.140 e. The van der Waals surface area contributed by atoms with Gasteiger partial charge in [-0.2, -0.15) is 0 Å². The van der Waals surface area contributed by atoms with Crippen LogP contribution in [0.15, 0.2) is 22.9 Å². The van der Waals surface area contributed by atoms with Gasteiger partial charge in [-0.15, -0.1) is 5.10 Å². The maximum absolute atomic E-state index is 6.40. The summed E-state index contributed by atoms with van der Waals surface area (Å²) < 4.78 is 6.16. The predicted octanol–water partition coefficient (Wildman–Crippen LogP) is 2.03. The lowest BCUT2D eigenvalue weighted by atomic mass is 9.98. The molecule has 168 valence electrons. The number of amidine groups is 1. The number of nitrogens with zero attached hydrogens (tertiary/aromatic N) is 4. The van der Waals surface area contributed by atoms with Crippen molar-refractivity contribution < 1.29 is 4.74 Å². The number of pyridine rings is 1. The highest BCUT2D eigenvalue weighted by Crippen LogP contribution is 2.26. The second-order valence-electron chi connectivity index (χ2n) is 8.41. The first-order chi connectivity index (χ1) is 14.2. The van der Waals surface area contributed by atoms with Crippen LogP contribution in [0.2, 0.25) is 0 Å². The SMILES string of the molecule is Cc1nc(/C(N)=C(\C/C(N)=N/N(N)CC(C)C)N(C)N)ccc1OC1CCCCC1. The normalized spacial score (nSPS) is 16.4. The maximum atomic E-state index is 6.40. The molecule has 0 aromatic carbocycles. The molecule has 1 fully saturated rings. The van der Waals surface area contributed by atoms with Gasteiger partial charge in [-0.05, 0) is 50.7 Å². The Morgan fingerprint density at radius 1 is 1.20 bits per heavy atom. The summed E-state index contributed by atoms with van der Waals surface area (Å²) in [4.78, 5) is 4.64. The zero-order chi connectivity index (χ0) is 22.3. The van der Waals surface area contributed by atoms with E-state index >= 15 is 0 Å². The van der Waals surface area contributed by atoms with Gasteiger partial charge < -0.3 is 21.2 Å². The molecule has 1 aromatic heterocycles. The first kappa shape index (κ1) is 23.8. The molecule has 0 radical (unpaired) electrons. The van der Waals surface area contributed by atoms with Crippen molar-refractivity contribution >= 4 is 11.5 Å². The number of nitrogens with two attached hydrogens (primary N) is 4. The lowest BCUT2D eigenvalue weighted by molar-refractivity contribution is 0.153. The summed E-state index contributed by atoms with van der Waals surface area (Å²) in [7, 11) is 1.71. The van der Waals surface area contributed by atoms with E-state index in [1.54, 1.807) is 7.05 Å². The molecule has 0 aliphatic heterocycles. The highest BCUT2D eigenvalue weighted by atomic mass is 16.5. The minimum Gasteiger partial charge on any atom is -0.489 e. The van der Waals surface area contributed by atoms with Gasteiger partial charge in [0.15, 0.2) is 0 Å². The van der Waals surface area contributed by atoms with Crippen molar-refractivity contribution in [3.8, 4) is 5.75 Å². The molecule has 0 bridgehead atoms. The zero-order valence-electron chi connectivity index (χ0n) is 18.8. The quantitative estimate of drug-likeness (QED) is 0.206. The molecule has 0 saturated heterocycles. The Morgan fingerprint density at radius 3 is 2.43 bits per heavy atom. The molecular formula is C21H38N8O. The van der Waals surface area contributed by atoms with Crippen molar-refractivity contribution in [2.24, 2.45) is 34.2 Å². The number of hydrazone groups is 1. The second-order valence-corrected chi connectivity index (χ2v) is 8.41. The van der Waals surface area contributed by atoms with E-state index in [1.807, 2.05) is 19.1 Å². The molecule has 0 atom stereocenters. The van der Waals surface area contributed by atoms with Crippen LogP contribution in [0.4, 0.5) is 0 Å². The molecule has 1 saturated carbocycles. The first-order valence-corrected chi connectivity index (χ1v) is 10.6. The van der Waals surface area contributed by atoms with Crippen molar-refractivity contribution in [1.82, 2.24) is 15.1 Å². The van der Waals surface area contributed by atoms with E-state index in [0.717, 1.165) is 24.3 Å². The van der Waals surface area contributed by atoms with Gasteiger partial charge in [0, 0.05) is 7.05 Å². The minimum absolute atomic E-state index is 0.256. The summed E-state index contributed by atoms with van der Waals surface area (Å²) in [6.07, 6.45) is 6.45. The average Bonchev–Trinajstić information content (AvgIpc) is 2.67. The Hall–Kier alpha value is -2.52. The molecule has 9 heteroatoms. The number of aryl methyl sites for hydroxylation is 1. The summed E-state index contributed by atoms with van der Waals surface area (Å²) in [5, 5.41) is 6.98. The molecule has 9 nitrogen and oxygen atoms in total. The molecule has 1 aromatic rings. The molecule has 1 heterocycles. The third-order valence-corrected chi connectivity index (χ3v) is 5.05. The monoisotopic (exact) mass is 418 g/mol. The third kappa shape index (κ3) is 7.07. The Morgan fingerprint density at radius 2 is 1.87 bits per heavy atom. The molecule has 8 N–H and O–H groups in total. The summed E-state index contributed by atoms with van der Waals surface area (Å²) in [6.45, 7) is 6.63. The molecule has 0 unspecified atom stereocenters. The zero-order valence-corrected chi connectivity index (χ0v) is 18.8. The van der Waals surface area contributed by atoms with Crippen LogP contribution in [0.3, 0.4) is 0 Å². The van der Waals surface area contributed by atoms with Crippen LogP contribution in [0.5, 0.6) is 5.75 Å². The third-order valence-electron chi connectivity index (χ3n) is 5.05. The summed E-state index contributed by atoms with van der Waals surface area (Å²) >= 11 is 0. The fraction of sp³-hybridized carbons (Fsp3) is 0.619. The topological polar surface area (TPSA) is 145 Å². The van der Waals surface area contributed by atoms with Gasteiger partial charge in [0.2, 0.25) is 0 Å². The smallest absolute Gasteiger partial charge is 0.140 e. The van der Waals surface area contributed by atoms with Gasteiger partial charge in [-0.3, -0.25) is 0 Å². The van der Waals surface area contributed by atoms with Gasteiger partial charge >= 0.3 is 0 Å². The molecule has 0 amide bonds. The predicted molar refractivity (Wildman–Crippen MR) is 122 cm³/mol. The lowest BCUT2D eigenvalue weighted by Crippen LogP contribution is -2.35. The highest BCUT2D eigenvalue weighted by Gasteiger charge is 2.18. The van der Waals surface area contributed by atoms with Crippen LogP contribution in [0.25, 0.3) is 5.70 Å². The average molecular weight is 419 g/mol. The van der Waals surface area contributed by atoms with Gasteiger partial charge in [0.1, 0.15) is 11.6 Å². The van der Waals surface area contributed by atoms with Gasteiger partial charge in [-0.1, -0.05) is 20.3 Å². The van der Waals surface area contributed by atoms with E-state index in [9.17, 15) is 0 Å². The molecular weight excluding hydrogens is 380 g/mol. The molecule has 1 aliphatic rings. The Kier molecular flexibility index (Phi) is 8.73. The second kappa shape index (κ2) is 11.0. The number of hydrazine groups is 2. The van der Waals surface area contributed by atoms with Gasteiger partial charge in [-0.25, -0.2) is 21.8 Å². The molecule has 30 heavy (non-hydrogen) atoms. The van der Waals surface area contributed by atoms with Crippen molar-refractivity contribution in [3.63, 3.8) is 0 Å². The molecule has 1 aliphatic carbocycles. The Bertz CT molecular complexity index is 753. The van der Waals surface area contributed by atoms with Crippen LogP contribution >= 0.6 is 0 Å². The van der Waals surface area contributed by atoms with Crippen LogP contribution in [0.1, 0.15) is 63.8 Å². The van der Waals surface area contributed by atoms with E-state index in [2.05, 4.69) is 23.9 Å². The van der Waals surface area contributed by atoms with E-state index in [-0.39, 0.29) is 12.5 Å². The number of hydrogen-bond donors (Lipinski definition) is 4. The number of aromatic nitrogens is 1. The van der Waals surface area contributed by atoms with Crippen LogP contribution in [0, 0.1) is 12.8 Å². The lowest BCUT2D eigenvalue weighted by Gasteiger charge is -2.24. The summed E-state index contributed by atoms with van der Waals surface area (Å²) in [5.74, 6) is 13.4. The van der Waals surface area contributed by atoms with E-state index in [1.165, 1.54) is 29.4 Å².